The van der Waals surface area contributed by atoms with Gasteiger partial charge in [0, 0.05) is 31.2 Å². The lowest BCUT2D eigenvalue weighted by Crippen LogP contribution is -2.33. The van der Waals surface area contributed by atoms with Crippen molar-refractivity contribution in [3.8, 4) is 0 Å². The molecule has 0 aliphatic carbocycles. The van der Waals surface area contributed by atoms with E-state index in [1.807, 2.05) is 0 Å². The summed E-state index contributed by atoms with van der Waals surface area (Å²) >= 11 is 0. The van der Waals surface area contributed by atoms with E-state index in [2.05, 4.69) is 41.5 Å². The Bertz CT molecular complexity index is 353. The number of rotatable bonds is 0. The van der Waals surface area contributed by atoms with Gasteiger partial charge >= 0.3 is 0 Å². The number of nitrogens with zero attached hydrogens (tertiary/aromatic N) is 1. The molecule has 0 saturated carbocycles. The van der Waals surface area contributed by atoms with Gasteiger partial charge in [-0.3, -0.25) is 0 Å². The fraction of sp³-hybridized carbons (Fsp3) is 0.500. The summed E-state index contributed by atoms with van der Waals surface area (Å²) in [5.41, 5.74) is 3.38. The molecule has 2 nitrogen and oxygen atoms in total. The third-order valence-electron chi connectivity index (χ3n) is 3.67. The molecular weight excluding hydrogens is 172 g/mol. The minimum atomic E-state index is 0.408. The van der Waals surface area contributed by atoms with Crippen LogP contribution >= 0.6 is 0 Å². The van der Waals surface area contributed by atoms with Crippen LogP contribution in [0.2, 0.25) is 0 Å². The van der Waals surface area contributed by atoms with Gasteiger partial charge in [0.1, 0.15) is 0 Å². The molecule has 1 saturated heterocycles. The number of para-hydroxylation sites is 1. The van der Waals surface area contributed by atoms with E-state index in [1.54, 1.807) is 5.56 Å². The molecule has 0 aromatic heterocycles. The zero-order valence-electron chi connectivity index (χ0n) is 8.59. The maximum Gasteiger partial charge on any atom is 0.0403 e. The van der Waals surface area contributed by atoms with Gasteiger partial charge in [-0.1, -0.05) is 18.2 Å². The summed E-state index contributed by atoms with van der Waals surface area (Å²) in [5, 5.41) is 3.49. The number of anilines is 1. The first-order chi connectivity index (χ1) is 6.82. The molecular formula is C12H16N2. The number of fused-ring (bicyclic) bond motifs is 2. The van der Waals surface area contributed by atoms with Gasteiger partial charge in [0.2, 0.25) is 0 Å². The van der Waals surface area contributed by atoms with Crippen molar-refractivity contribution < 1.29 is 0 Å². The third-order valence-corrected chi connectivity index (χ3v) is 3.67. The van der Waals surface area contributed by atoms with Crippen LogP contribution < -0.4 is 10.2 Å². The molecule has 1 aromatic rings. The minimum absolute atomic E-state index is 0.408. The summed E-state index contributed by atoms with van der Waals surface area (Å²) < 4.78 is 0. The van der Waals surface area contributed by atoms with E-state index in [9.17, 15) is 0 Å². The predicted molar refractivity (Wildman–Crippen MR) is 58.9 cm³/mol. The molecule has 0 radical (unpaired) electrons. The Balaban J connectivity index is 2.13. The summed E-state index contributed by atoms with van der Waals surface area (Å²) in [5.74, 6) is 0. The zero-order valence-corrected chi connectivity index (χ0v) is 8.59. The highest BCUT2D eigenvalue weighted by Crippen LogP contribution is 2.43. The Hall–Kier alpha value is -1.02. The maximum absolute atomic E-state index is 3.49. The summed E-state index contributed by atoms with van der Waals surface area (Å²) in [7, 11) is 2.20. The highest BCUT2D eigenvalue weighted by molar-refractivity contribution is 5.62. The van der Waals surface area contributed by atoms with Gasteiger partial charge in [0.15, 0.2) is 0 Å². The maximum atomic E-state index is 3.49. The SMILES string of the molecule is CN1CC2(CCNC2)c2ccccc21. The van der Waals surface area contributed by atoms with Crippen molar-refractivity contribution in [3.05, 3.63) is 29.8 Å². The van der Waals surface area contributed by atoms with Gasteiger partial charge in [-0.15, -0.1) is 0 Å². The highest BCUT2D eigenvalue weighted by Gasteiger charge is 2.43. The van der Waals surface area contributed by atoms with Crippen LogP contribution in [0.1, 0.15) is 12.0 Å². The van der Waals surface area contributed by atoms with Crippen LogP contribution in [0.5, 0.6) is 0 Å². The smallest absolute Gasteiger partial charge is 0.0403 e. The molecule has 2 heterocycles. The molecule has 3 rings (SSSR count). The lowest BCUT2D eigenvalue weighted by Gasteiger charge is -2.22. The van der Waals surface area contributed by atoms with Crippen LogP contribution in [0.15, 0.2) is 24.3 Å². The Morgan fingerprint density at radius 1 is 1.36 bits per heavy atom. The first kappa shape index (κ1) is 8.30. The van der Waals surface area contributed by atoms with E-state index in [-0.39, 0.29) is 0 Å². The summed E-state index contributed by atoms with van der Waals surface area (Å²) in [6.45, 7) is 3.50. The number of likely N-dealkylation sites (N-methyl/N-ethyl adjacent to an activating group) is 1. The predicted octanol–water partition coefficient (Wildman–Crippen LogP) is 1.37. The molecule has 14 heavy (non-hydrogen) atoms. The Morgan fingerprint density at radius 2 is 2.21 bits per heavy atom. The number of hydrogen-bond acceptors (Lipinski definition) is 2. The molecule has 1 fully saturated rings. The van der Waals surface area contributed by atoms with E-state index < -0.39 is 0 Å². The van der Waals surface area contributed by atoms with Crippen LogP contribution in [0, 0.1) is 0 Å². The van der Waals surface area contributed by atoms with Crippen LogP contribution in [-0.2, 0) is 5.41 Å². The molecule has 2 aliphatic heterocycles. The van der Waals surface area contributed by atoms with Gasteiger partial charge < -0.3 is 10.2 Å². The molecule has 1 unspecified atom stereocenters. The normalized spacial score (nSPS) is 29.9. The van der Waals surface area contributed by atoms with E-state index in [1.165, 1.54) is 25.2 Å². The summed E-state index contributed by atoms with van der Waals surface area (Å²) in [4.78, 5) is 2.39. The largest absolute Gasteiger partial charge is 0.373 e. The molecule has 1 spiro atoms. The molecule has 2 heteroatoms. The Kier molecular flexibility index (Phi) is 1.62. The van der Waals surface area contributed by atoms with Crippen LogP contribution in [0.25, 0.3) is 0 Å². The van der Waals surface area contributed by atoms with Crippen molar-refractivity contribution in [1.82, 2.24) is 5.32 Å². The zero-order chi connectivity index (χ0) is 9.60. The monoisotopic (exact) mass is 188 g/mol. The topological polar surface area (TPSA) is 15.3 Å². The average Bonchev–Trinajstić information content (AvgIpc) is 2.77. The van der Waals surface area contributed by atoms with Crippen LogP contribution in [0.3, 0.4) is 0 Å². The lowest BCUT2D eigenvalue weighted by molar-refractivity contribution is 0.504. The number of benzene rings is 1. The van der Waals surface area contributed by atoms with Crippen molar-refractivity contribution in [2.24, 2.45) is 0 Å². The second kappa shape index (κ2) is 2.74. The minimum Gasteiger partial charge on any atom is -0.373 e. The van der Waals surface area contributed by atoms with Crippen molar-refractivity contribution in [3.63, 3.8) is 0 Å². The lowest BCUT2D eigenvalue weighted by atomic mass is 9.82. The number of nitrogens with one attached hydrogen (secondary N) is 1. The molecule has 0 bridgehead atoms. The molecule has 74 valence electrons. The van der Waals surface area contributed by atoms with Gasteiger partial charge in [-0.05, 0) is 24.6 Å². The quantitative estimate of drug-likeness (QED) is 0.661. The van der Waals surface area contributed by atoms with Crippen molar-refractivity contribution in [1.29, 1.82) is 0 Å². The van der Waals surface area contributed by atoms with E-state index in [0.29, 0.717) is 5.41 Å². The highest BCUT2D eigenvalue weighted by atomic mass is 15.2. The first-order valence-corrected chi connectivity index (χ1v) is 5.33. The van der Waals surface area contributed by atoms with Crippen molar-refractivity contribution in [2.75, 3.05) is 31.6 Å². The van der Waals surface area contributed by atoms with Crippen molar-refractivity contribution in [2.45, 2.75) is 11.8 Å². The van der Waals surface area contributed by atoms with Gasteiger partial charge in [0.25, 0.3) is 0 Å². The van der Waals surface area contributed by atoms with Crippen LogP contribution in [-0.4, -0.2) is 26.7 Å². The molecule has 1 N–H and O–H groups in total. The fourth-order valence-electron chi connectivity index (χ4n) is 2.99. The molecule has 0 amide bonds. The standard InChI is InChI=1S/C12H16N2/c1-14-9-12(6-7-13-8-12)10-4-2-3-5-11(10)14/h2-5,13H,6-9H2,1H3. The van der Waals surface area contributed by atoms with Gasteiger partial charge in [0.05, 0.1) is 0 Å². The second-order valence-corrected chi connectivity index (χ2v) is 4.58. The Morgan fingerprint density at radius 3 is 3.00 bits per heavy atom. The molecule has 1 aromatic carbocycles. The van der Waals surface area contributed by atoms with Gasteiger partial charge in [-0.25, -0.2) is 0 Å². The summed E-state index contributed by atoms with van der Waals surface area (Å²) in [6, 6.07) is 8.84. The second-order valence-electron chi connectivity index (χ2n) is 4.58. The van der Waals surface area contributed by atoms with E-state index in [0.717, 1.165) is 6.54 Å². The van der Waals surface area contributed by atoms with Crippen LogP contribution in [0.4, 0.5) is 5.69 Å². The van der Waals surface area contributed by atoms with E-state index in [4.69, 9.17) is 0 Å². The van der Waals surface area contributed by atoms with E-state index >= 15 is 0 Å². The molecule has 2 aliphatic rings. The molecule has 1 atom stereocenters. The summed E-state index contributed by atoms with van der Waals surface area (Å²) in [6.07, 6.45) is 1.29. The first-order valence-electron chi connectivity index (χ1n) is 5.33. The van der Waals surface area contributed by atoms with Gasteiger partial charge in [-0.2, -0.15) is 0 Å². The number of hydrogen-bond donors (Lipinski definition) is 1. The average molecular weight is 188 g/mol. The fourth-order valence-corrected chi connectivity index (χ4v) is 2.99. The van der Waals surface area contributed by atoms with Crippen molar-refractivity contribution >= 4 is 5.69 Å². The third kappa shape index (κ3) is 0.947. The Labute approximate surface area is 84.9 Å².